The molecule has 2 heterocycles. The molecule has 2 fully saturated rings. The van der Waals surface area contributed by atoms with Crippen molar-refractivity contribution in [2.24, 2.45) is 0 Å². The fraction of sp³-hybridized carbons (Fsp3) is 0.769. The van der Waals surface area contributed by atoms with Crippen LogP contribution in [0.25, 0.3) is 0 Å². The Kier molecular flexibility index (Phi) is 3.82. The lowest BCUT2D eigenvalue weighted by atomic mass is 10.0. The normalized spacial score (nSPS) is 24.8. The quantitative estimate of drug-likeness (QED) is 0.680. The van der Waals surface area contributed by atoms with Crippen LogP contribution in [-0.2, 0) is 4.74 Å². The molecule has 0 atom stereocenters. The molecule has 17 heavy (non-hydrogen) atoms. The molecule has 2 saturated heterocycles. The highest BCUT2D eigenvalue weighted by Crippen LogP contribution is 2.20. The van der Waals surface area contributed by atoms with Gasteiger partial charge >= 0.3 is 0 Å². The number of nitrogens with zero attached hydrogens (tertiary/aromatic N) is 3. The van der Waals surface area contributed by atoms with Crippen LogP contribution in [0.2, 0.25) is 0 Å². The summed E-state index contributed by atoms with van der Waals surface area (Å²) in [5.41, 5.74) is -0.0159. The van der Waals surface area contributed by atoms with Crippen LogP contribution in [0.15, 0.2) is 12.2 Å². The summed E-state index contributed by atoms with van der Waals surface area (Å²) < 4.78 is 5.23. The third-order valence-corrected chi connectivity index (χ3v) is 3.83. The fourth-order valence-corrected chi connectivity index (χ4v) is 2.44. The van der Waals surface area contributed by atoms with Gasteiger partial charge in [-0.25, -0.2) is 0 Å². The molecule has 0 saturated carbocycles. The zero-order valence-electron chi connectivity index (χ0n) is 10.7. The highest BCUT2D eigenvalue weighted by molar-refractivity contribution is 5.11. The van der Waals surface area contributed by atoms with Crippen molar-refractivity contribution < 1.29 is 4.74 Å². The predicted octanol–water partition coefficient (Wildman–Crippen LogP) is 0.861. The average molecular weight is 235 g/mol. The molecule has 0 spiro atoms. The van der Waals surface area contributed by atoms with E-state index in [1.54, 1.807) is 6.08 Å². The maximum atomic E-state index is 8.60. The molecule has 0 radical (unpaired) electrons. The maximum Gasteiger partial charge on any atom is 0.0909 e. The van der Waals surface area contributed by atoms with E-state index >= 15 is 0 Å². The van der Waals surface area contributed by atoms with Crippen LogP contribution in [-0.4, -0.2) is 60.8 Å². The standard InChI is InChI=1S/C13H21N3O/c1-13(2,4-3-5-14)16-8-6-15(7-9-16)12-10-17-11-12/h3-4,12H,6-11H2,1-2H3. The molecule has 4 heteroatoms. The zero-order chi connectivity index (χ0) is 12.3. The van der Waals surface area contributed by atoms with Gasteiger partial charge in [0.2, 0.25) is 0 Å². The number of allylic oxidation sites excluding steroid dienone is 1. The van der Waals surface area contributed by atoms with Gasteiger partial charge in [-0.2, -0.15) is 5.26 Å². The molecule has 0 aromatic carbocycles. The minimum atomic E-state index is -0.0159. The second-order valence-electron chi connectivity index (χ2n) is 5.33. The van der Waals surface area contributed by atoms with Gasteiger partial charge in [0.05, 0.1) is 25.3 Å². The van der Waals surface area contributed by atoms with Crippen LogP contribution in [0.3, 0.4) is 0 Å². The first-order valence-corrected chi connectivity index (χ1v) is 6.27. The molecule has 4 nitrogen and oxygen atoms in total. The molecule has 0 aromatic rings. The maximum absolute atomic E-state index is 8.60. The molecule has 2 aliphatic heterocycles. The summed E-state index contributed by atoms with van der Waals surface area (Å²) >= 11 is 0. The van der Waals surface area contributed by atoms with Crippen molar-refractivity contribution in [1.29, 1.82) is 5.26 Å². The second kappa shape index (κ2) is 5.18. The van der Waals surface area contributed by atoms with Crippen LogP contribution in [0.5, 0.6) is 0 Å². The lowest BCUT2D eigenvalue weighted by molar-refractivity contribution is -0.0816. The van der Waals surface area contributed by atoms with Gasteiger partial charge < -0.3 is 4.74 Å². The van der Waals surface area contributed by atoms with E-state index in [1.807, 2.05) is 6.08 Å². The summed E-state index contributed by atoms with van der Waals surface area (Å²) in [6.07, 6.45) is 3.58. The van der Waals surface area contributed by atoms with Gasteiger partial charge in [0.15, 0.2) is 0 Å². The Bertz CT molecular complexity index is 320. The zero-order valence-corrected chi connectivity index (χ0v) is 10.7. The van der Waals surface area contributed by atoms with Crippen LogP contribution in [0.4, 0.5) is 0 Å². The van der Waals surface area contributed by atoms with Gasteiger partial charge in [-0.3, -0.25) is 9.80 Å². The molecule has 0 unspecified atom stereocenters. The van der Waals surface area contributed by atoms with Crippen molar-refractivity contribution >= 4 is 0 Å². The number of nitriles is 1. The van der Waals surface area contributed by atoms with Crippen molar-refractivity contribution in [3.8, 4) is 6.07 Å². The molecule has 94 valence electrons. The first kappa shape index (κ1) is 12.6. The highest BCUT2D eigenvalue weighted by atomic mass is 16.5. The Balaban J connectivity index is 1.85. The largest absolute Gasteiger partial charge is 0.378 e. The van der Waals surface area contributed by atoms with Crippen LogP contribution < -0.4 is 0 Å². The molecule has 0 aromatic heterocycles. The van der Waals surface area contributed by atoms with Crippen LogP contribution in [0, 0.1) is 11.3 Å². The molecule has 0 aliphatic carbocycles. The van der Waals surface area contributed by atoms with E-state index in [0.29, 0.717) is 6.04 Å². The molecular formula is C13H21N3O. The van der Waals surface area contributed by atoms with Crippen molar-refractivity contribution in [2.75, 3.05) is 39.4 Å². The molecular weight excluding hydrogens is 214 g/mol. The monoisotopic (exact) mass is 235 g/mol. The first-order valence-electron chi connectivity index (χ1n) is 6.27. The van der Waals surface area contributed by atoms with Crippen molar-refractivity contribution in [1.82, 2.24) is 9.80 Å². The molecule has 0 bridgehead atoms. The molecule has 2 aliphatic rings. The van der Waals surface area contributed by atoms with E-state index < -0.39 is 0 Å². The Morgan fingerprint density at radius 2 is 1.88 bits per heavy atom. The smallest absolute Gasteiger partial charge is 0.0909 e. The lowest BCUT2D eigenvalue weighted by Crippen LogP contribution is -2.59. The molecule has 0 amide bonds. The Morgan fingerprint density at radius 1 is 1.24 bits per heavy atom. The van der Waals surface area contributed by atoms with Gasteiger partial charge in [0, 0.05) is 37.8 Å². The van der Waals surface area contributed by atoms with Crippen molar-refractivity contribution in [3.63, 3.8) is 0 Å². The summed E-state index contributed by atoms with van der Waals surface area (Å²) in [5, 5.41) is 8.60. The van der Waals surface area contributed by atoms with E-state index in [0.717, 1.165) is 39.4 Å². The molecule has 0 N–H and O–H groups in total. The number of hydrogen-bond acceptors (Lipinski definition) is 4. The topological polar surface area (TPSA) is 39.5 Å². The second-order valence-corrected chi connectivity index (χ2v) is 5.33. The van der Waals surface area contributed by atoms with E-state index in [9.17, 15) is 0 Å². The van der Waals surface area contributed by atoms with Crippen molar-refractivity contribution in [3.05, 3.63) is 12.2 Å². The van der Waals surface area contributed by atoms with E-state index in [1.165, 1.54) is 0 Å². The number of rotatable bonds is 3. The Morgan fingerprint density at radius 3 is 2.35 bits per heavy atom. The van der Waals surface area contributed by atoms with Crippen molar-refractivity contribution in [2.45, 2.75) is 25.4 Å². The SMILES string of the molecule is CC(C)(C=CC#N)N1CCN(C2COC2)CC1. The summed E-state index contributed by atoms with van der Waals surface area (Å²) in [6.45, 7) is 10.5. The van der Waals surface area contributed by atoms with E-state index in [4.69, 9.17) is 10.00 Å². The summed E-state index contributed by atoms with van der Waals surface area (Å²) in [6, 6.07) is 2.72. The summed E-state index contributed by atoms with van der Waals surface area (Å²) in [5.74, 6) is 0. The molecule has 2 rings (SSSR count). The Hall–Kier alpha value is -0.890. The lowest BCUT2D eigenvalue weighted by Gasteiger charge is -2.46. The van der Waals surface area contributed by atoms with Gasteiger partial charge in [-0.05, 0) is 13.8 Å². The highest BCUT2D eigenvalue weighted by Gasteiger charge is 2.32. The van der Waals surface area contributed by atoms with Gasteiger partial charge in [0.1, 0.15) is 0 Å². The van der Waals surface area contributed by atoms with Gasteiger partial charge in [-0.15, -0.1) is 0 Å². The third-order valence-electron chi connectivity index (χ3n) is 3.83. The predicted molar refractivity (Wildman–Crippen MR) is 66.6 cm³/mol. The fourth-order valence-electron chi connectivity index (χ4n) is 2.44. The van der Waals surface area contributed by atoms with E-state index in [2.05, 4.69) is 29.7 Å². The minimum Gasteiger partial charge on any atom is -0.378 e. The number of ether oxygens (including phenoxy) is 1. The van der Waals surface area contributed by atoms with Gasteiger partial charge in [0.25, 0.3) is 0 Å². The van der Waals surface area contributed by atoms with Crippen LogP contribution >= 0.6 is 0 Å². The first-order chi connectivity index (χ1) is 8.13. The minimum absolute atomic E-state index is 0.0159. The summed E-state index contributed by atoms with van der Waals surface area (Å²) in [7, 11) is 0. The average Bonchev–Trinajstić information content (AvgIpc) is 2.25. The third kappa shape index (κ3) is 2.86. The van der Waals surface area contributed by atoms with Gasteiger partial charge in [-0.1, -0.05) is 6.08 Å². The summed E-state index contributed by atoms with van der Waals surface area (Å²) in [4.78, 5) is 4.96. The number of hydrogen-bond donors (Lipinski definition) is 0. The van der Waals surface area contributed by atoms with Crippen LogP contribution in [0.1, 0.15) is 13.8 Å². The number of piperazine rings is 1. The Labute approximate surface area is 103 Å². The van der Waals surface area contributed by atoms with E-state index in [-0.39, 0.29) is 5.54 Å².